The van der Waals surface area contributed by atoms with Crippen molar-refractivity contribution in [3.05, 3.63) is 53.2 Å². The summed E-state index contributed by atoms with van der Waals surface area (Å²) in [7, 11) is 1.69. The number of hydrogen-bond acceptors (Lipinski definition) is 4. The zero-order chi connectivity index (χ0) is 16.1. The van der Waals surface area contributed by atoms with Gasteiger partial charge in [-0.2, -0.15) is 0 Å². The number of aromatic nitrogens is 1. The molecule has 22 heavy (non-hydrogen) atoms. The van der Waals surface area contributed by atoms with Gasteiger partial charge >= 0.3 is 0 Å². The third-order valence-corrected chi connectivity index (χ3v) is 3.11. The normalized spacial score (nSPS) is 10.1. The minimum absolute atomic E-state index is 0.0566. The van der Waals surface area contributed by atoms with E-state index >= 15 is 0 Å². The molecule has 2 aromatic rings. The van der Waals surface area contributed by atoms with Crippen molar-refractivity contribution in [3.8, 4) is 0 Å². The Labute approximate surface area is 132 Å². The minimum Gasteiger partial charge on any atom is -0.368 e. The summed E-state index contributed by atoms with van der Waals surface area (Å²) < 4.78 is 0. The van der Waals surface area contributed by atoms with Crippen molar-refractivity contribution >= 4 is 34.9 Å². The van der Waals surface area contributed by atoms with Crippen molar-refractivity contribution in [2.45, 2.75) is 0 Å². The Kier molecular flexibility index (Phi) is 4.95. The maximum atomic E-state index is 12.1. The molecular formula is C15H15ClN4O2. The van der Waals surface area contributed by atoms with E-state index in [-0.39, 0.29) is 12.5 Å². The highest BCUT2D eigenvalue weighted by molar-refractivity contribution is 6.30. The highest BCUT2D eigenvalue weighted by Gasteiger charge is 2.09. The summed E-state index contributed by atoms with van der Waals surface area (Å²) in [5, 5.41) is 3.27. The molecule has 0 aliphatic heterocycles. The Hall–Kier alpha value is -2.60. The molecule has 0 saturated heterocycles. The van der Waals surface area contributed by atoms with Gasteiger partial charge in [-0.3, -0.25) is 9.59 Å². The van der Waals surface area contributed by atoms with Crippen LogP contribution in [-0.4, -0.2) is 30.4 Å². The van der Waals surface area contributed by atoms with Crippen molar-refractivity contribution < 1.29 is 9.59 Å². The minimum atomic E-state index is -0.452. The molecule has 1 heterocycles. The van der Waals surface area contributed by atoms with Gasteiger partial charge in [-0.05, 0) is 30.3 Å². The first-order valence-corrected chi connectivity index (χ1v) is 6.86. The topological polar surface area (TPSA) is 88.3 Å². The molecule has 0 fully saturated rings. The molecule has 7 heteroatoms. The van der Waals surface area contributed by atoms with Crippen LogP contribution in [0.4, 0.5) is 11.5 Å². The SMILES string of the molecule is CN(CC(N)=O)c1ccc(C(=O)Nc2cccc(Cl)c2)cn1. The smallest absolute Gasteiger partial charge is 0.257 e. The van der Waals surface area contributed by atoms with E-state index in [1.54, 1.807) is 48.3 Å². The molecule has 0 aliphatic rings. The summed E-state index contributed by atoms with van der Waals surface area (Å²) in [4.78, 5) is 28.7. The van der Waals surface area contributed by atoms with Crippen molar-refractivity contribution in [3.63, 3.8) is 0 Å². The van der Waals surface area contributed by atoms with Crippen LogP contribution >= 0.6 is 11.6 Å². The Bertz CT molecular complexity index is 688. The van der Waals surface area contributed by atoms with E-state index in [9.17, 15) is 9.59 Å². The fraction of sp³-hybridized carbons (Fsp3) is 0.133. The van der Waals surface area contributed by atoms with Crippen LogP contribution in [0, 0.1) is 0 Å². The van der Waals surface area contributed by atoms with E-state index in [2.05, 4.69) is 10.3 Å². The number of amides is 2. The number of likely N-dealkylation sites (N-methyl/N-ethyl adjacent to an activating group) is 1. The number of benzene rings is 1. The number of nitrogens with zero attached hydrogens (tertiary/aromatic N) is 2. The first kappa shape index (κ1) is 15.8. The Balaban J connectivity index is 2.06. The van der Waals surface area contributed by atoms with E-state index in [4.69, 9.17) is 17.3 Å². The molecule has 0 aliphatic carbocycles. The van der Waals surface area contributed by atoms with E-state index in [0.717, 1.165) is 0 Å². The summed E-state index contributed by atoms with van der Waals surface area (Å²) in [5.74, 6) is -0.191. The van der Waals surface area contributed by atoms with Crippen LogP contribution in [0.25, 0.3) is 0 Å². The lowest BCUT2D eigenvalue weighted by Gasteiger charge is -2.16. The number of carbonyl (C=O) groups excluding carboxylic acids is 2. The number of pyridine rings is 1. The van der Waals surface area contributed by atoms with E-state index in [1.807, 2.05) is 0 Å². The highest BCUT2D eigenvalue weighted by atomic mass is 35.5. The Morgan fingerprint density at radius 1 is 1.32 bits per heavy atom. The van der Waals surface area contributed by atoms with E-state index in [0.29, 0.717) is 22.1 Å². The molecule has 0 saturated carbocycles. The molecule has 0 atom stereocenters. The highest BCUT2D eigenvalue weighted by Crippen LogP contribution is 2.16. The van der Waals surface area contributed by atoms with Crippen LogP contribution in [0.2, 0.25) is 5.02 Å². The average Bonchev–Trinajstić information content (AvgIpc) is 2.46. The lowest BCUT2D eigenvalue weighted by molar-refractivity contribution is -0.116. The summed E-state index contributed by atoms with van der Waals surface area (Å²) in [6.45, 7) is 0.0566. The molecule has 6 nitrogen and oxygen atoms in total. The fourth-order valence-corrected chi connectivity index (χ4v) is 2.02. The van der Waals surface area contributed by atoms with Gasteiger partial charge in [0, 0.05) is 24.0 Å². The molecule has 1 aromatic carbocycles. The quantitative estimate of drug-likeness (QED) is 0.881. The second-order valence-corrected chi connectivity index (χ2v) is 5.13. The second kappa shape index (κ2) is 6.91. The van der Waals surface area contributed by atoms with Crippen molar-refractivity contribution in [1.82, 2.24) is 4.98 Å². The first-order chi connectivity index (χ1) is 10.5. The lowest BCUT2D eigenvalue weighted by Crippen LogP contribution is -2.31. The lowest BCUT2D eigenvalue weighted by atomic mass is 10.2. The van der Waals surface area contributed by atoms with Gasteiger partial charge in [-0.25, -0.2) is 4.98 Å². The summed E-state index contributed by atoms with van der Waals surface area (Å²) in [5.41, 5.74) is 6.13. The van der Waals surface area contributed by atoms with Gasteiger partial charge in [0.15, 0.2) is 0 Å². The van der Waals surface area contributed by atoms with Crippen LogP contribution in [0.1, 0.15) is 10.4 Å². The Morgan fingerprint density at radius 2 is 2.09 bits per heavy atom. The zero-order valence-electron chi connectivity index (χ0n) is 11.9. The molecule has 114 valence electrons. The van der Waals surface area contributed by atoms with Gasteiger partial charge in [0.2, 0.25) is 5.91 Å². The van der Waals surface area contributed by atoms with Gasteiger partial charge in [0.1, 0.15) is 5.82 Å². The molecular weight excluding hydrogens is 304 g/mol. The van der Waals surface area contributed by atoms with Gasteiger partial charge < -0.3 is 16.0 Å². The second-order valence-electron chi connectivity index (χ2n) is 4.69. The van der Waals surface area contributed by atoms with Crippen LogP contribution in [0.3, 0.4) is 0 Å². The number of nitrogens with two attached hydrogens (primary N) is 1. The van der Waals surface area contributed by atoms with Gasteiger partial charge in [0.25, 0.3) is 5.91 Å². The predicted molar refractivity (Wildman–Crippen MR) is 86.1 cm³/mol. The number of carbonyl (C=O) groups is 2. The summed E-state index contributed by atoms with van der Waals surface area (Å²) >= 11 is 5.86. The molecule has 0 spiro atoms. The van der Waals surface area contributed by atoms with Crippen LogP contribution in [0.15, 0.2) is 42.6 Å². The Morgan fingerprint density at radius 3 is 2.68 bits per heavy atom. The first-order valence-electron chi connectivity index (χ1n) is 6.48. The van der Waals surface area contributed by atoms with Crippen LogP contribution < -0.4 is 16.0 Å². The van der Waals surface area contributed by atoms with Crippen molar-refractivity contribution in [1.29, 1.82) is 0 Å². The fourth-order valence-electron chi connectivity index (χ4n) is 1.83. The maximum Gasteiger partial charge on any atom is 0.257 e. The molecule has 0 bridgehead atoms. The van der Waals surface area contributed by atoms with Gasteiger partial charge in [-0.1, -0.05) is 17.7 Å². The largest absolute Gasteiger partial charge is 0.368 e. The zero-order valence-corrected chi connectivity index (χ0v) is 12.7. The molecule has 3 N–H and O–H groups in total. The standard InChI is InChI=1S/C15H15ClN4O2/c1-20(9-13(17)21)14-6-5-10(8-18-14)15(22)19-12-4-2-3-11(16)7-12/h2-8H,9H2,1H3,(H2,17,21)(H,19,22). The number of primary amides is 1. The predicted octanol–water partition coefficient (Wildman–Crippen LogP) is 1.91. The summed E-state index contributed by atoms with van der Waals surface area (Å²) in [6, 6.07) is 10.1. The molecule has 0 radical (unpaired) electrons. The number of rotatable bonds is 5. The average molecular weight is 319 g/mol. The number of hydrogen-bond donors (Lipinski definition) is 2. The summed E-state index contributed by atoms with van der Waals surface area (Å²) in [6.07, 6.45) is 1.44. The number of halogens is 1. The molecule has 2 amide bonds. The van der Waals surface area contributed by atoms with Crippen LogP contribution in [0.5, 0.6) is 0 Å². The third-order valence-electron chi connectivity index (χ3n) is 2.88. The number of nitrogens with one attached hydrogen (secondary N) is 1. The van der Waals surface area contributed by atoms with Crippen LogP contribution in [-0.2, 0) is 4.79 Å². The van der Waals surface area contributed by atoms with Gasteiger partial charge in [-0.15, -0.1) is 0 Å². The van der Waals surface area contributed by atoms with Crippen molar-refractivity contribution in [2.24, 2.45) is 5.73 Å². The molecule has 0 unspecified atom stereocenters. The number of anilines is 2. The molecule has 1 aromatic heterocycles. The van der Waals surface area contributed by atoms with Gasteiger partial charge in [0.05, 0.1) is 12.1 Å². The molecule has 2 rings (SSSR count). The maximum absolute atomic E-state index is 12.1. The van der Waals surface area contributed by atoms with E-state index < -0.39 is 5.91 Å². The van der Waals surface area contributed by atoms with E-state index in [1.165, 1.54) is 6.20 Å². The monoisotopic (exact) mass is 318 g/mol. The van der Waals surface area contributed by atoms with Crippen molar-refractivity contribution in [2.75, 3.05) is 23.8 Å². The third kappa shape index (κ3) is 4.20.